The summed E-state index contributed by atoms with van der Waals surface area (Å²) in [6.07, 6.45) is 2.91. The number of carbonyl (C=O) groups excluding carboxylic acids is 2. The number of hydrogen-bond donors (Lipinski definition) is 0. The molecule has 2 aromatic heterocycles. The highest BCUT2D eigenvalue weighted by Gasteiger charge is 2.24. The summed E-state index contributed by atoms with van der Waals surface area (Å²) < 4.78 is 5.44. The molecule has 0 bridgehead atoms. The lowest BCUT2D eigenvalue weighted by Gasteiger charge is -2.27. The van der Waals surface area contributed by atoms with Crippen LogP contribution in [-0.2, 0) is 29.1 Å². The molecule has 2 amide bonds. The van der Waals surface area contributed by atoms with Gasteiger partial charge in [-0.15, -0.1) is 11.3 Å². The molecule has 4 rings (SSSR count). The van der Waals surface area contributed by atoms with Crippen LogP contribution >= 0.6 is 11.3 Å². The average molecular weight is 409 g/mol. The monoisotopic (exact) mass is 408 g/mol. The number of aryl methyl sites for hydroxylation is 1. The highest BCUT2D eigenvalue weighted by atomic mass is 32.1. The van der Waals surface area contributed by atoms with E-state index in [0.717, 1.165) is 24.2 Å². The molecule has 1 aliphatic rings. The Hall–Kier alpha value is -2.86. The van der Waals surface area contributed by atoms with Crippen LogP contribution in [0, 0.1) is 6.92 Å². The van der Waals surface area contributed by atoms with Crippen molar-refractivity contribution in [1.82, 2.24) is 4.90 Å². The van der Waals surface area contributed by atoms with E-state index < -0.39 is 0 Å². The Morgan fingerprint density at radius 3 is 2.72 bits per heavy atom. The Morgan fingerprint density at radius 1 is 1.14 bits per heavy atom. The summed E-state index contributed by atoms with van der Waals surface area (Å²) >= 11 is 1.75. The minimum atomic E-state index is -0.0770. The molecule has 0 unspecified atom stereocenters. The van der Waals surface area contributed by atoms with Gasteiger partial charge in [-0.2, -0.15) is 0 Å². The fraction of sp³-hybridized carbons (Fsp3) is 0.304. The van der Waals surface area contributed by atoms with Gasteiger partial charge in [-0.25, -0.2) is 0 Å². The van der Waals surface area contributed by atoms with Gasteiger partial charge in [0, 0.05) is 36.5 Å². The van der Waals surface area contributed by atoms with Crippen LogP contribution in [0.2, 0.25) is 0 Å². The number of amides is 2. The molecule has 0 fully saturated rings. The van der Waals surface area contributed by atoms with E-state index in [1.165, 1.54) is 10.4 Å². The first-order valence-corrected chi connectivity index (χ1v) is 10.7. The first-order chi connectivity index (χ1) is 14.1. The third-order valence-corrected chi connectivity index (χ3v) is 6.28. The van der Waals surface area contributed by atoms with E-state index in [-0.39, 0.29) is 24.7 Å². The molecule has 0 saturated heterocycles. The smallest absolute Gasteiger partial charge is 0.227 e. The number of hydrogen-bond acceptors (Lipinski definition) is 4. The number of rotatable bonds is 6. The Labute approximate surface area is 174 Å². The third-order valence-electron chi connectivity index (χ3n) is 5.25. The van der Waals surface area contributed by atoms with Crippen LogP contribution in [0.15, 0.2) is 58.5 Å². The number of carbonyl (C=O) groups is 2. The second-order valence-electron chi connectivity index (χ2n) is 7.33. The molecule has 5 nitrogen and oxygen atoms in total. The van der Waals surface area contributed by atoms with Crippen LogP contribution < -0.4 is 4.90 Å². The van der Waals surface area contributed by atoms with Crippen molar-refractivity contribution >= 4 is 28.8 Å². The lowest BCUT2D eigenvalue weighted by molar-refractivity contribution is -0.134. The lowest BCUT2D eigenvalue weighted by Crippen LogP contribution is -2.36. The predicted molar refractivity (Wildman–Crippen MR) is 114 cm³/mol. The maximum atomic E-state index is 13.0. The highest BCUT2D eigenvalue weighted by Crippen LogP contribution is 2.25. The van der Waals surface area contributed by atoms with E-state index in [2.05, 4.69) is 11.4 Å². The molecule has 150 valence electrons. The van der Waals surface area contributed by atoms with E-state index in [9.17, 15) is 9.59 Å². The number of anilines is 1. The molecule has 0 radical (unpaired) electrons. The van der Waals surface area contributed by atoms with Gasteiger partial charge in [0.05, 0.1) is 12.8 Å². The van der Waals surface area contributed by atoms with Gasteiger partial charge in [-0.05, 0) is 54.6 Å². The summed E-state index contributed by atoms with van der Waals surface area (Å²) in [6.45, 7) is 3.75. The molecule has 1 aliphatic heterocycles. The van der Waals surface area contributed by atoms with Crippen LogP contribution in [0.4, 0.5) is 5.69 Å². The Bertz CT molecular complexity index is 976. The maximum Gasteiger partial charge on any atom is 0.227 e. The van der Waals surface area contributed by atoms with Crippen molar-refractivity contribution in [3.8, 4) is 0 Å². The van der Waals surface area contributed by atoms with Crippen LogP contribution in [0.1, 0.15) is 34.6 Å². The summed E-state index contributed by atoms with van der Waals surface area (Å²) in [5.41, 5.74) is 3.18. The summed E-state index contributed by atoms with van der Waals surface area (Å²) in [6, 6.07) is 13.6. The molecule has 3 heterocycles. The summed E-state index contributed by atoms with van der Waals surface area (Å²) in [7, 11) is 0. The summed E-state index contributed by atoms with van der Waals surface area (Å²) in [5, 5.41) is 2.08. The third kappa shape index (κ3) is 4.59. The van der Waals surface area contributed by atoms with Crippen LogP contribution in [0.25, 0.3) is 0 Å². The molecule has 0 aliphatic carbocycles. The Morgan fingerprint density at radius 2 is 1.97 bits per heavy atom. The summed E-state index contributed by atoms with van der Waals surface area (Å²) in [5.74, 6) is 0.676. The van der Waals surface area contributed by atoms with Crippen molar-refractivity contribution in [3.05, 3.63) is 75.9 Å². The van der Waals surface area contributed by atoms with E-state index >= 15 is 0 Å². The van der Waals surface area contributed by atoms with Gasteiger partial charge in [0.25, 0.3) is 0 Å². The molecule has 0 saturated carbocycles. The van der Waals surface area contributed by atoms with Gasteiger partial charge in [0.1, 0.15) is 5.76 Å². The van der Waals surface area contributed by atoms with Crippen LogP contribution in [-0.4, -0.2) is 23.3 Å². The first-order valence-electron chi connectivity index (χ1n) is 9.82. The van der Waals surface area contributed by atoms with Gasteiger partial charge in [0.2, 0.25) is 11.8 Å². The molecular weight excluding hydrogens is 384 g/mol. The zero-order valence-corrected chi connectivity index (χ0v) is 17.3. The first kappa shape index (κ1) is 19.5. The van der Waals surface area contributed by atoms with Crippen molar-refractivity contribution in [1.29, 1.82) is 0 Å². The quantitative estimate of drug-likeness (QED) is 0.601. The second kappa shape index (κ2) is 8.66. The fourth-order valence-electron chi connectivity index (χ4n) is 3.57. The van der Waals surface area contributed by atoms with Gasteiger partial charge in [-0.3, -0.25) is 9.59 Å². The van der Waals surface area contributed by atoms with Crippen molar-refractivity contribution in [2.24, 2.45) is 0 Å². The van der Waals surface area contributed by atoms with Crippen molar-refractivity contribution in [2.75, 3.05) is 11.4 Å². The predicted octanol–water partition coefficient (Wildman–Crippen LogP) is 4.55. The number of nitrogens with zero attached hydrogens (tertiary/aromatic N) is 2. The minimum Gasteiger partial charge on any atom is -0.467 e. The SMILES string of the molecule is Cc1ccc(N(Cc2ccco2)C(=O)CCC(=O)N2CCc3sccc3C2)cc1. The van der Waals surface area contributed by atoms with E-state index in [1.807, 2.05) is 48.2 Å². The van der Waals surface area contributed by atoms with Gasteiger partial charge in [-0.1, -0.05) is 17.7 Å². The molecule has 1 aromatic carbocycles. The van der Waals surface area contributed by atoms with Gasteiger partial charge in [0.15, 0.2) is 0 Å². The molecule has 29 heavy (non-hydrogen) atoms. The normalized spacial score (nSPS) is 13.2. The van der Waals surface area contributed by atoms with E-state index in [0.29, 0.717) is 18.8 Å². The second-order valence-corrected chi connectivity index (χ2v) is 8.33. The number of furan rings is 1. The largest absolute Gasteiger partial charge is 0.467 e. The lowest BCUT2D eigenvalue weighted by atomic mass is 10.1. The average Bonchev–Trinajstić information content (AvgIpc) is 3.42. The van der Waals surface area contributed by atoms with Crippen molar-refractivity contribution in [2.45, 2.75) is 39.3 Å². The standard InChI is InChI=1S/C23H24N2O3S/c1-17-4-6-19(7-5-17)25(16-20-3-2-13-28-20)23(27)9-8-22(26)24-12-10-21-18(15-24)11-14-29-21/h2-7,11,13-14H,8-10,12,15-16H2,1H3. The van der Waals surface area contributed by atoms with Gasteiger partial charge >= 0.3 is 0 Å². The molecular formula is C23H24N2O3S. The van der Waals surface area contributed by atoms with Crippen molar-refractivity contribution < 1.29 is 14.0 Å². The topological polar surface area (TPSA) is 53.8 Å². The van der Waals surface area contributed by atoms with Gasteiger partial charge < -0.3 is 14.2 Å². The highest BCUT2D eigenvalue weighted by molar-refractivity contribution is 7.10. The zero-order valence-electron chi connectivity index (χ0n) is 16.5. The number of benzene rings is 1. The molecule has 6 heteroatoms. The Balaban J connectivity index is 1.41. The molecule has 0 spiro atoms. The van der Waals surface area contributed by atoms with Crippen LogP contribution in [0.5, 0.6) is 0 Å². The molecule has 0 atom stereocenters. The maximum absolute atomic E-state index is 13.0. The molecule has 0 N–H and O–H groups in total. The fourth-order valence-corrected chi connectivity index (χ4v) is 4.46. The van der Waals surface area contributed by atoms with Crippen molar-refractivity contribution in [3.63, 3.8) is 0 Å². The number of fused-ring (bicyclic) bond motifs is 1. The zero-order chi connectivity index (χ0) is 20.2. The minimum absolute atomic E-state index is 0.0389. The van der Waals surface area contributed by atoms with Crippen LogP contribution in [0.3, 0.4) is 0 Å². The molecule has 3 aromatic rings. The summed E-state index contributed by atoms with van der Waals surface area (Å²) in [4.78, 5) is 30.6. The van der Waals surface area contributed by atoms with E-state index in [4.69, 9.17) is 4.42 Å². The van der Waals surface area contributed by atoms with E-state index in [1.54, 1.807) is 22.5 Å². The Kier molecular flexibility index (Phi) is 5.81. The number of thiophene rings is 1.